The first kappa shape index (κ1) is 14.4. The van der Waals surface area contributed by atoms with Crippen molar-refractivity contribution in [3.63, 3.8) is 0 Å². The largest absolute Gasteiger partial charge is 0.389 e. The SMILES string of the molecule is CN(CC(C)(C)O)C(=O)c1cc(S)ccc1Cl. The van der Waals surface area contributed by atoms with Crippen molar-refractivity contribution in [1.82, 2.24) is 4.90 Å². The molecule has 1 N–H and O–H groups in total. The number of amides is 1. The molecule has 0 aliphatic heterocycles. The van der Waals surface area contributed by atoms with E-state index in [2.05, 4.69) is 12.6 Å². The van der Waals surface area contributed by atoms with Crippen LogP contribution < -0.4 is 0 Å². The van der Waals surface area contributed by atoms with Gasteiger partial charge in [-0.3, -0.25) is 4.79 Å². The first-order valence-corrected chi connectivity index (χ1v) is 5.99. The maximum absolute atomic E-state index is 12.1. The van der Waals surface area contributed by atoms with E-state index in [1.54, 1.807) is 39.1 Å². The monoisotopic (exact) mass is 273 g/mol. The minimum Gasteiger partial charge on any atom is -0.389 e. The summed E-state index contributed by atoms with van der Waals surface area (Å²) in [7, 11) is 1.63. The average molecular weight is 274 g/mol. The normalized spacial score (nSPS) is 11.4. The zero-order valence-electron chi connectivity index (χ0n) is 10.1. The van der Waals surface area contributed by atoms with Crippen molar-refractivity contribution in [3.05, 3.63) is 28.8 Å². The van der Waals surface area contributed by atoms with E-state index in [1.165, 1.54) is 4.90 Å². The highest BCUT2D eigenvalue weighted by molar-refractivity contribution is 7.80. The predicted octanol–water partition coefficient (Wildman–Crippen LogP) is 2.47. The van der Waals surface area contributed by atoms with E-state index in [0.29, 0.717) is 15.5 Å². The number of carbonyl (C=O) groups is 1. The fraction of sp³-hybridized carbons (Fsp3) is 0.417. The summed E-state index contributed by atoms with van der Waals surface area (Å²) >= 11 is 10.1. The molecule has 0 heterocycles. The van der Waals surface area contributed by atoms with Gasteiger partial charge in [-0.25, -0.2) is 0 Å². The Morgan fingerprint density at radius 1 is 1.53 bits per heavy atom. The van der Waals surface area contributed by atoms with Crippen molar-refractivity contribution >= 4 is 30.1 Å². The fourth-order valence-electron chi connectivity index (χ4n) is 1.53. The maximum Gasteiger partial charge on any atom is 0.255 e. The fourth-order valence-corrected chi connectivity index (χ4v) is 1.94. The standard InChI is InChI=1S/C12H16ClNO2S/c1-12(2,16)7-14(3)11(15)9-6-8(17)4-5-10(9)13/h4-6,16-17H,7H2,1-3H3. The molecule has 0 saturated carbocycles. The van der Waals surface area contributed by atoms with Gasteiger partial charge in [-0.1, -0.05) is 11.6 Å². The Balaban J connectivity index is 2.93. The summed E-state index contributed by atoms with van der Waals surface area (Å²) in [6.45, 7) is 3.53. The molecule has 0 aliphatic carbocycles. The minimum absolute atomic E-state index is 0.229. The number of thiol groups is 1. The third-order valence-corrected chi connectivity index (χ3v) is 2.76. The number of hydrogen-bond donors (Lipinski definition) is 2. The van der Waals surface area contributed by atoms with E-state index in [1.807, 2.05) is 0 Å². The molecule has 3 nitrogen and oxygen atoms in total. The molecule has 0 aliphatic rings. The van der Waals surface area contributed by atoms with Crippen molar-refractivity contribution in [2.24, 2.45) is 0 Å². The molecule has 94 valence electrons. The lowest BCUT2D eigenvalue weighted by molar-refractivity contribution is 0.0368. The van der Waals surface area contributed by atoms with Crippen molar-refractivity contribution in [2.45, 2.75) is 24.3 Å². The summed E-state index contributed by atoms with van der Waals surface area (Å²) in [4.78, 5) is 14.2. The topological polar surface area (TPSA) is 40.5 Å². The lowest BCUT2D eigenvalue weighted by Crippen LogP contribution is -2.39. The van der Waals surface area contributed by atoms with Crippen LogP contribution >= 0.6 is 24.2 Å². The Hall–Kier alpha value is -0.710. The Bertz CT molecular complexity index is 429. The molecule has 17 heavy (non-hydrogen) atoms. The van der Waals surface area contributed by atoms with E-state index in [9.17, 15) is 9.90 Å². The Morgan fingerprint density at radius 3 is 2.65 bits per heavy atom. The van der Waals surface area contributed by atoms with Gasteiger partial charge in [0.05, 0.1) is 16.2 Å². The number of halogens is 1. The first-order valence-electron chi connectivity index (χ1n) is 5.17. The van der Waals surface area contributed by atoms with Gasteiger partial charge in [0, 0.05) is 18.5 Å². The van der Waals surface area contributed by atoms with Gasteiger partial charge in [0.15, 0.2) is 0 Å². The van der Waals surface area contributed by atoms with Crippen LogP contribution in [-0.2, 0) is 0 Å². The summed E-state index contributed by atoms with van der Waals surface area (Å²) in [5.41, 5.74) is -0.541. The molecule has 1 amide bonds. The van der Waals surface area contributed by atoms with E-state index in [-0.39, 0.29) is 12.5 Å². The van der Waals surface area contributed by atoms with Crippen molar-refractivity contribution in [3.8, 4) is 0 Å². The van der Waals surface area contributed by atoms with Crippen molar-refractivity contribution in [2.75, 3.05) is 13.6 Å². The summed E-state index contributed by atoms with van der Waals surface area (Å²) in [6, 6.07) is 4.97. The zero-order chi connectivity index (χ0) is 13.2. The first-order chi connectivity index (χ1) is 7.70. The Kier molecular flexibility index (Phi) is 4.47. The molecule has 1 aromatic rings. The van der Waals surface area contributed by atoms with Crippen molar-refractivity contribution in [1.29, 1.82) is 0 Å². The Morgan fingerprint density at radius 2 is 2.12 bits per heavy atom. The van der Waals surface area contributed by atoms with Gasteiger partial charge in [0.1, 0.15) is 0 Å². The van der Waals surface area contributed by atoms with Gasteiger partial charge in [-0.2, -0.15) is 0 Å². The number of likely N-dealkylation sites (N-methyl/N-ethyl adjacent to an activating group) is 1. The van der Waals surface area contributed by atoms with Crippen LogP contribution in [0.2, 0.25) is 5.02 Å². The second-order valence-electron chi connectivity index (χ2n) is 4.64. The molecular formula is C12H16ClNO2S. The van der Waals surface area contributed by atoms with Gasteiger partial charge in [-0.15, -0.1) is 12.6 Å². The van der Waals surface area contributed by atoms with Crippen LogP contribution in [0.4, 0.5) is 0 Å². The second kappa shape index (κ2) is 5.29. The number of rotatable bonds is 3. The third kappa shape index (κ3) is 4.22. The second-order valence-corrected chi connectivity index (χ2v) is 5.56. The molecule has 0 unspecified atom stereocenters. The molecule has 0 atom stereocenters. The van der Waals surface area contributed by atoms with E-state index in [4.69, 9.17) is 11.6 Å². The highest BCUT2D eigenvalue weighted by Crippen LogP contribution is 2.21. The van der Waals surface area contributed by atoms with Crippen LogP contribution in [0, 0.1) is 0 Å². The predicted molar refractivity (Wildman–Crippen MR) is 72.0 cm³/mol. The summed E-state index contributed by atoms with van der Waals surface area (Å²) < 4.78 is 0. The van der Waals surface area contributed by atoms with Crippen molar-refractivity contribution < 1.29 is 9.90 Å². The number of hydrogen-bond acceptors (Lipinski definition) is 3. The van der Waals surface area contributed by atoms with Crippen LogP contribution in [0.1, 0.15) is 24.2 Å². The van der Waals surface area contributed by atoms with Gasteiger partial charge in [0.25, 0.3) is 5.91 Å². The third-order valence-electron chi connectivity index (χ3n) is 2.15. The number of aliphatic hydroxyl groups is 1. The van der Waals surface area contributed by atoms with Gasteiger partial charge in [0.2, 0.25) is 0 Å². The summed E-state index contributed by atoms with van der Waals surface area (Å²) in [5.74, 6) is -0.229. The van der Waals surface area contributed by atoms with Gasteiger partial charge in [-0.05, 0) is 32.0 Å². The molecule has 0 radical (unpaired) electrons. The molecule has 1 rings (SSSR count). The van der Waals surface area contributed by atoms with Gasteiger partial charge < -0.3 is 10.0 Å². The molecular weight excluding hydrogens is 258 g/mol. The lowest BCUT2D eigenvalue weighted by Gasteiger charge is -2.26. The molecule has 0 spiro atoms. The minimum atomic E-state index is -0.935. The molecule has 0 fully saturated rings. The highest BCUT2D eigenvalue weighted by atomic mass is 35.5. The number of nitrogens with zero attached hydrogens (tertiary/aromatic N) is 1. The maximum atomic E-state index is 12.1. The lowest BCUT2D eigenvalue weighted by atomic mass is 10.1. The molecule has 0 aromatic heterocycles. The Labute approximate surface area is 112 Å². The average Bonchev–Trinajstić information content (AvgIpc) is 2.18. The number of benzene rings is 1. The van der Waals surface area contributed by atoms with E-state index in [0.717, 1.165) is 0 Å². The summed E-state index contributed by atoms with van der Waals surface area (Å²) in [5, 5.41) is 10.1. The molecule has 0 saturated heterocycles. The van der Waals surface area contributed by atoms with E-state index >= 15 is 0 Å². The smallest absolute Gasteiger partial charge is 0.255 e. The molecule has 0 bridgehead atoms. The number of carbonyl (C=O) groups excluding carboxylic acids is 1. The van der Waals surface area contributed by atoms with E-state index < -0.39 is 5.60 Å². The zero-order valence-corrected chi connectivity index (χ0v) is 11.7. The van der Waals surface area contributed by atoms with Crippen LogP contribution in [0.5, 0.6) is 0 Å². The van der Waals surface area contributed by atoms with Crippen LogP contribution in [0.25, 0.3) is 0 Å². The van der Waals surface area contributed by atoms with Crippen LogP contribution in [0.3, 0.4) is 0 Å². The summed E-state index contributed by atoms with van der Waals surface area (Å²) in [6.07, 6.45) is 0. The van der Waals surface area contributed by atoms with Gasteiger partial charge >= 0.3 is 0 Å². The molecule has 1 aromatic carbocycles. The quantitative estimate of drug-likeness (QED) is 0.831. The van der Waals surface area contributed by atoms with Crippen LogP contribution in [0.15, 0.2) is 23.1 Å². The van der Waals surface area contributed by atoms with Crippen LogP contribution in [-0.4, -0.2) is 35.1 Å². The molecule has 5 heteroatoms. The highest BCUT2D eigenvalue weighted by Gasteiger charge is 2.21.